The van der Waals surface area contributed by atoms with Crippen molar-refractivity contribution in [2.45, 2.75) is 31.8 Å². The molecule has 0 radical (unpaired) electrons. The highest BCUT2D eigenvalue weighted by Crippen LogP contribution is 2.17. The molecule has 0 unspecified atom stereocenters. The summed E-state index contributed by atoms with van der Waals surface area (Å²) >= 11 is 1.54. The summed E-state index contributed by atoms with van der Waals surface area (Å²) in [6.07, 6.45) is 3.12. The zero-order chi connectivity index (χ0) is 16.1. The van der Waals surface area contributed by atoms with E-state index in [0.29, 0.717) is 12.8 Å². The van der Waals surface area contributed by atoms with E-state index in [2.05, 4.69) is 27.3 Å². The van der Waals surface area contributed by atoms with Crippen LogP contribution < -0.4 is 5.43 Å². The molecule has 6 nitrogen and oxygen atoms in total. The number of hydrazine groups is 1. The quantitative estimate of drug-likeness (QED) is 0.645. The lowest BCUT2D eigenvalue weighted by molar-refractivity contribution is -0.126. The minimum atomic E-state index is 0.0669. The summed E-state index contributed by atoms with van der Waals surface area (Å²) < 4.78 is 0. The molecule has 1 aromatic rings. The molecule has 122 valence electrons. The Labute approximate surface area is 136 Å². The number of piperazine rings is 1. The predicted octanol–water partition coefficient (Wildman–Crippen LogP) is 1.03. The van der Waals surface area contributed by atoms with Gasteiger partial charge in [-0.2, -0.15) is 0 Å². The summed E-state index contributed by atoms with van der Waals surface area (Å²) in [6.45, 7) is 7.72. The number of aromatic nitrogens is 2. The van der Waals surface area contributed by atoms with Gasteiger partial charge in [0.15, 0.2) is 5.16 Å². The van der Waals surface area contributed by atoms with E-state index in [0.717, 1.165) is 48.3 Å². The molecule has 0 atom stereocenters. The third-order valence-electron chi connectivity index (χ3n) is 3.97. The van der Waals surface area contributed by atoms with Gasteiger partial charge < -0.3 is 4.90 Å². The Morgan fingerprint density at radius 3 is 2.32 bits per heavy atom. The summed E-state index contributed by atoms with van der Waals surface area (Å²) in [5.74, 6) is 0.0669. The first-order chi connectivity index (χ1) is 10.5. The number of amides is 1. The molecule has 22 heavy (non-hydrogen) atoms. The van der Waals surface area contributed by atoms with Crippen molar-refractivity contribution >= 4 is 17.7 Å². The lowest BCUT2D eigenvalue weighted by atomic mass is 10.1. The third-order valence-corrected chi connectivity index (χ3v) is 4.52. The van der Waals surface area contributed by atoms with Gasteiger partial charge in [-0.05, 0) is 39.1 Å². The Kier molecular flexibility index (Phi) is 6.16. The molecule has 1 aliphatic rings. The van der Waals surface area contributed by atoms with Crippen molar-refractivity contribution in [2.24, 2.45) is 0 Å². The van der Waals surface area contributed by atoms with Crippen molar-refractivity contribution in [2.75, 3.05) is 39.5 Å². The van der Waals surface area contributed by atoms with Crippen LogP contribution in [0.2, 0.25) is 0 Å². The van der Waals surface area contributed by atoms with E-state index in [1.807, 2.05) is 25.1 Å². The second-order valence-electron chi connectivity index (χ2n) is 5.68. The van der Waals surface area contributed by atoms with Crippen LogP contribution in [0.4, 0.5) is 0 Å². The number of thioether (sulfide) groups is 1. The van der Waals surface area contributed by atoms with Crippen molar-refractivity contribution in [1.29, 1.82) is 0 Å². The maximum Gasteiger partial charge on any atom is 0.234 e. The normalized spacial score (nSPS) is 16.7. The van der Waals surface area contributed by atoms with E-state index in [4.69, 9.17) is 0 Å². The number of nitrogens with zero attached hydrogens (tertiary/aromatic N) is 4. The Morgan fingerprint density at radius 1 is 1.18 bits per heavy atom. The molecule has 1 saturated heterocycles. The monoisotopic (exact) mass is 323 g/mol. The highest BCUT2D eigenvalue weighted by molar-refractivity contribution is 7.98. The van der Waals surface area contributed by atoms with Gasteiger partial charge in [0.2, 0.25) is 5.91 Å². The van der Waals surface area contributed by atoms with Crippen molar-refractivity contribution in [3.8, 4) is 0 Å². The fourth-order valence-corrected chi connectivity index (χ4v) is 3.01. The first-order valence-corrected chi connectivity index (χ1v) is 8.83. The summed E-state index contributed by atoms with van der Waals surface area (Å²) in [5.41, 5.74) is 6.04. The molecule has 1 fully saturated rings. The Bertz CT molecular complexity index is 506. The Morgan fingerprint density at radius 2 is 1.77 bits per heavy atom. The van der Waals surface area contributed by atoms with Crippen LogP contribution in [0.25, 0.3) is 0 Å². The summed E-state index contributed by atoms with van der Waals surface area (Å²) in [4.78, 5) is 23.3. The number of rotatable bonds is 5. The van der Waals surface area contributed by atoms with Gasteiger partial charge in [-0.1, -0.05) is 11.8 Å². The van der Waals surface area contributed by atoms with Crippen LogP contribution in [0, 0.1) is 13.8 Å². The smallest absolute Gasteiger partial charge is 0.234 e. The largest absolute Gasteiger partial charge is 0.304 e. The van der Waals surface area contributed by atoms with Crippen molar-refractivity contribution in [3.05, 3.63) is 17.0 Å². The minimum Gasteiger partial charge on any atom is -0.304 e. The van der Waals surface area contributed by atoms with Gasteiger partial charge in [-0.15, -0.1) is 0 Å². The zero-order valence-corrected chi connectivity index (χ0v) is 14.7. The second-order valence-corrected chi connectivity index (χ2v) is 6.46. The number of hydrogen-bond donors (Lipinski definition) is 1. The minimum absolute atomic E-state index is 0.0669. The number of aryl methyl sites for hydroxylation is 2. The van der Waals surface area contributed by atoms with Crippen LogP contribution in [-0.4, -0.2) is 65.3 Å². The van der Waals surface area contributed by atoms with Crippen molar-refractivity contribution < 1.29 is 4.79 Å². The van der Waals surface area contributed by atoms with Crippen LogP contribution >= 0.6 is 11.8 Å². The van der Waals surface area contributed by atoms with Gasteiger partial charge in [-0.3, -0.25) is 10.2 Å². The molecule has 1 N–H and O–H groups in total. The molecule has 1 amide bonds. The van der Waals surface area contributed by atoms with E-state index < -0.39 is 0 Å². The molecule has 2 rings (SSSR count). The van der Waals surface area contributed by atoms with Gasteiger partial charge >= 0.3 is 0 Å². The number of carbonyl (C=O) groups excluding carboxylic acids is 1. The second kappa shape index (κ2) is 7.89. The van der Waals surface area contributed by atoms with Gasteiger partial charge in [0.25, 0.3) is 0 Å². The fraction of sp³-hybridized carbons (Fsp3) is 0.667. The van der Waals surface area contributed by atoms with Gasteiger partial charge in [0, 0.05) is 44.0 Å². The van der Waals surface area contributed by atoms with E-state index in [1.54, 1.807) is 11.8 Å². The Balaban J connectivity index is 1.86. The molecule has 1 aliphatic heterocycles. The number of hydrogen-bond acceptors (Lipinski definition) is 6. The molecule has 0 aliphatic carbocycles. The highest BCUT2D eigenvalue weighted by Gasteiger charge is 2.16. The van der Waals surface area contributed by atoms with Crippen molar-refractivity contribution in [3.63, 3.8) is 0 Å². The predicted molar refractivity (Wildman–Crippen MR) is 88.8 cm³/mol. The summed E-state index contributed by atoms with van der Waals surface area (Å²) in [6, 6.07) is 0. The van der Waals surface area contributed by atoms with Gasteiger partial charge in [0.1, 0.15) is 0 Å². The topological polar surface area (TPSA) is 61.4 Å². The number of nitrogens with one attached hydrogen (secondary N) is 1. The molecule has 0 aromatic carbocycles. The molecular weight excluding hydrogens is 298 g/mol. The molecule has 1 aromatic heterocycles. The number of carbonyl (C=O) groups is 1. The SMILES string of the molecule is CSc1nc(C)c(CCC(=O)NN2CCN(C)CC2)c(C)n1. The maximum absolute atomic E-state index is 12.1. The van der Waals surface area contributed by atoms with Crippen LogP contribution in [0.5, 0.6) is 0 Å². The summed E-state index contributed by atoms with van der Waals surface area (Å²) in [5, 5.41) is 2.80. The molecule has 0 spiro atoms. The average molecular weight is 323 g/mol. The molecule has 0 bridgehead atoms. The standard InChI is InChI=1S/C15H25N5OS/c1-11-13(12(2)17-15(16-11)22-4)5-6-14(21)18-20-9-7-19(3)8-10-20/h5-10H2,1-4H3,(H,18,21). The van der Waals surface area contributed by atoms with Gasteiger partial charge in [-0.25, -0.2) is 15.0 Å². The van der Waals surface area contributed by atoms with Crippen LogP contribution in [0.1, 0.15) is 23.4 Å². The van der Waals surface area contributed by atoms with E-state index in [-0.39, 0.29) is 5.91 Å². The van der Waals surface area contributed by atoms with Gasteiger partial charge in [0.05, 0.1) is 0 Å². The first-order valence-electron chi connectivity index (χ1n) is 7.60. The summed E-state index contributed by atoms with van der Waals surface area (Å²) in [7, 11) is 2.10. The zero-order valence-electron chi connectivity index (χ0n) is 13.8. The maximum atomic E-state index is 12.1. The van der Waals surface area contributed by atoms with Crippen LogP contribution in [-0.2, 0) is 11.2 Å². The Hall–Kier alpha value is -1.18. The lowest BCUT2D eigenvalue weighted by Crippen LogP contribution is -2.52. The highest BCUT2D eigenvalue weighted by atomic mass is 32.2. The molecule has 0 saturated carbocycles. The lowest BCUT2D eigenvalue weighted by Gasteiger charge is -2.32. The number of likely N-dealkylation sites (N-methyl/N-ethyl adjacent to an activating group) is 1. The molecule has 7 heteroatoms. The van der Waals surface area contributed by atoms with Crippen LogP contribution in [0.15, 0.2) is 5.16 Å². The van der Waals surface area contributed by atoms with Crippen LogP contribution in [0.3, 0.4) is 0 Å². The average Bonchev–Trinajstić information content (AvgIpc) is 2.48. The molecule has 2 heterocycles. The fourth-order valence-electron chi connectivity index (χ4n) is 2.55. The van der Waals surface area contributed by atoms with E-state index >= 15 is 0 Å². The van der Waals surface area contributed by atoms with Crippen molar-refractivity contribution in [1.82, 2.24) is 25.3 Å². The first kappa shape index (κ1) is 17.2. The van der Waals surface area contributed by atoms with E-state index in [1.165, 1.54) is 0 Å². The molecular formula is C15H25N5OS. The van der Waals surface area contributed by atoms with E-state index in [9.17, 15) is 4.79 Å². The third kappa shape index (κ3) is 4.66.